The number of ether oxygens (including phenoxy) is 3. The molecule has 7 heteroatoms. The van der Waals surface area contributed by atoms with Crippen molar-refractivity contribution in [2.75, 3.05) is 7.11 Å². The Bertz CT molecular complexity index is 988. The topological polar surface area (TPSA) is 96.0 Å². The molecule has 0 heterocycles. The van der Waals surface area contributed by atoms with Crippen molar-refractivity contribution < 1.29 is 33.4 Å². The molecule has 0 bridgehead atoms. The summed E-state index contributed by atoms with van der Waals surface area (Å²) >= 11 is 0. The van der Waals surface area contributed by atoms with Crippen LogP contribution in [0.15, 0.2) is 30.3 Å². The molecule has 0 saturated heterocycles. The van der Waals surface area contributed by atoms with Crippen LogP contribution in [0.1, 0.15) is 76.1 Å². The molecular weight excluding hydrogens is 448 g/mol. The van der Waals surface area contributed by atoms with Gasteiger partial charge in [0.25, 0.3) is 0 Å². The van der Waals surface area contributed by atoms with Crippen LogP contribution in [0.5, 0.6) is 0 Å². The number of rotatable bonds is 5. The van der Waals surface area contributed by atoms with Crippen LogP contribution < -0.4 is 0 Å². The molecule has 0 N–H and O–H groups in total. The van der Waals surface area contributed by atoms with Gasteiger partial charge in [0, 0.05) is 24.2 Å². The molecule has 3 fully saturated rings. The number of benzene rings is 1. The van der Waals surface area contributed by atoms with Gasteiger partial charge in [0.15, 0.2) is 0 Å². The van der Waals surface area contributed by atoms with Crippen LogP contribution in [-0.2, 0) is 28.6 Å². The van der Waals surface area contributed by atoms with Gasteiger partial charge in [-0.25, -0.2) is 4.79 Å². The highest BCUT2D eigenvalue weighted by atomic mass is 16.5. The lowest BCUT2D eigenvalue weighted by molar-refractivity contribution is -0.167. The molecule has 0 radical (unpaired) electrons. The van der Waals surface area contributed by atoms with Gasteiger partial charge in [-0.2, -0.15) is 0 Å². The van der Waals surface area contributed by atoms with Crippen LogP contribution in [0.3, 0.4) is 0 Å². The van der Waals surface area contributed by atoms with E-state index in [1.807, 2.05) is 25.1 Å². The number of carbonyl (C=O) groups is 4. The summed E-state index contributed by atoms with van der Waals surface area (Å²) in [7, 11) is 1.40. The lowest BCUT2D eigenvalue weighted by Gasteiger charge is -2.52. The Labute approximate surface area is 206 Å². The van der Waals surface area contributed by atoms with Crippen molar-refractivity contribution in [2.24, 2.45) is 28.6 Å². The number of fused-ring (bicyclic) bond motifs is 1. The summed E-state index contributed by atoms with van der Waals surface area (Å²) in [6, 6.07) is 8.95. The first-order chi connectivity index (χ1) is 16.6. The molecule has 190 valence electrons. The summed E-state index contributed by atoms with van der Waals surface area (Å²) in [6.07, 6.45) is 3.51. The number of methoxy groups -OCH3 is 1. The van der Waals surface area contributed by atoms with Crippen molar-refractivity contribution in [3.63, 3.8) is 0 Å². The van der Waals surface area contributed by atoms with Gasteiger partial charge in [-0.15, -0.1) is 0 Å². The standard InChI is InChI=1S/C28H36O7/c1-17(29)34-19-12-14-27(2,22(30)16-19)21-13-15-28(3)20(24(21)26(32)33-4)10-11-23(28)35-25(31)18-8-6-5-7-9-18/h5-9,19-21,23-24H,10-16H2,1-4H3/t19-,20-,21+,23+,24-,27-,28-/m0/s1. The Morgan fingerprint density at radius 2 is 1.63 bits per heavy atom. The molecule has 0 aliphatic heterocycles. The first kappa shape index (κ1) is 25.4. The minimum Gasteiger partial charge on any atom is -0.469 e. The fourth-order valence-corrected chi connectivity index (χ4v) is 7.11. The Morgan fingerprint density at radius 3 is 2.26 bits per heavy atom. The zero-order valence-electron chi connectivity index (χ0n) is 21.1. The van der Waals surface area contributed by atoms with Gasteiger partial charge in [-0.3, -0.25) is 14.4 Å². The smallest absolute Gasteiger partial charge is 0.338 e. The Balaban J connectivity index is 1.56. The third kappa shape index (κ3) is 4.62. The van der Waals surface area contributed by atoms with Crippen molar-refractivity contribution in [3.05, 3.63) is 35.9 Å². The maximum absolute atomic E-state index is 13.4. The maximum Gasteiger partial charge on any atom is 0.338 e. The van der Waals surface area contributed by atoms with Crippen LogP contribution in [0.2, 0.25) is 0 Å². The molecule has 3 aliphatic rings. The molecule has 0 unspecified atom stereocenters. The summed E-state index contributed by atoms with van der Waals surface area (Å²) in [6.45, 7) is 5.43. The first-order valence-electron chi connectivity index (χ1n) is 12.6. The van der Waals surface area contributed by atoms with E-state index in [2.05, 4.69) is 6.92 Å². The Hall–Kier alpha value is -2.70. The van der Waals surface area contributed by atoms with Gasteiger partial charge in [-0.1, -0.05) is 32.0 Å². The third-order valence-corrected chi connectivity index (χ3v) is 9.10. The molecule has 3 aliphatic carbocycles. The number of esters is 3. The monoisotopic (exact) mass is 484 g/mol. The number of carbonyl (C=O) groups excluding carboxylic acids is 4. The first-order valence-corrected chi connectivity index (χ1v) is 12.6. The second-order valence-electron chi connectivity index (χ2n) is 11.0. The lowest BCUT2D eigenvalue weighted by Crippen LogP contribution is -2.54. The van der Waals surface area contributed by atoms with E-state index in [4.69, 9.17) is 14.2 Å². The van der Waals surface area contributed by atoms with Crippen molar-refractivity contribution >= 4 is 23.7 Å². The number of hydrogen-bond donors (Lipinski definition) is 0. The predicted molar refractivity (Wildman–Crippen MR) is 127 cm³/mol. The van der Waals surface area contributed by atoms with Crippen molar-refractivity contribution in [2.45, 2.75) is 77.9 Å². The minimum atomic E-state index is -0.685. The van der Waals surface area contributed by atoms with Crippen LogP contribution in [-0.4, -0.2) is 43.0 Å². The second-order valence-corrected chi connectivity index (χ2v) is 11.0. The normalized spacial score (nSPS) is 36.7. The van der Waals surface area contributed by atoms with Crippen LogP contribution >= 0.6 is 0 Å². The van der Waals surface area contributed by atoms with E-state index in [0.717, 1.165) is 12.8 Å². The molecule has 1 aromatic rings. The lowest BCUT2D eigenvalue weighted by atomic mass is 9.51. The van der Waals surface area contributed by atoms with E-state index in [1.165, 1.54) is 14.0 Å². The summed E-state index contributed by atoms with van der Waals surface area (Å²) in [5, 5.41) is 0. The van der Waals surface area contributed by atoms with Crippen molar-refractivity contribution in [1.82, 2.24) is 0 Å². The SMILES string of the molecule is COC(=O)[C@@H]1[C@H]([C@]2(C)CC[C@H](OC(C)=O)CC2=O)CC[C@]2(C)[C@H](OC(=O)c3ccccc3)CC[C@@H]12. The number of ketones is 1. The van der Waals surface area contributed by atoms with Crippen LogP contribution in [0.25, 0.3) is 0 Å². The molecular formula is C28H36O7. The fraction of sp³-hybridized carbons (Fsp3) is 0.643. The largest absolute Gasteiger partial charge is 0.469 e. The fourth-order valence-electron chi connectivity index (χ4n) is 7.11. The minimum absolute atomic E-state index is 0.0434. The van der Waals surface area contributed by atoms with E-state index >= 15 is 0 Å². The highest BCUT2D eigenvalue weighted by molar-refractivity contribution is 5.89. The van der Waals surface area contributed by atoms with Gasteiger partial charge >= 0.3 is 17.9 Å². The van der Waals surface area contributed by atoms with Crippen molar-refractivity contribution in [3.8, 4) is 0 Å². The predicted octanol–water partition coefficient (Wildman–Crippen LogP) is 4.52. The van der Waals surface area contributed by atoms with Gasteiger partial charge in [-0.05, 0) is 62.5 Å². The highest BCUT2D eigenvalue weighted by Crippen LogP contribution is 2.61. The zero-order valence-corrected chi connectivity index (χ0v) is 21.1. The Morgan fingerprint density at radius 1 is 0.914 bits per heavy atom. The van der Waals surface area contributed by atoms with E-state index < -0.39 is 17.4 Å². The molecule has 0 spiro atoms. The quantitative estimate of drug-likeness (QED) is 0.448. The molecule has 4 rings (SSSR count). The highest BCUT2D eigenvalue weighted by Gasteiger charge is 2.62. The Kier molecular flexibility index (Phi) is 7.07. The molecule has 35 heavy (non-hydrogen) atoms. The number of Topliss-reactive ketones (excluding diaryl/α,β-unsaturated/α-hetero) is 1. The average Bonchev–Trinajstić information content (AvgIpc) is 3.16. The van der Waals surface area contributed by atoms with Gasteiger partial charge in [0.1, 0.15) is 18.0 Å². The van der Waals surface area contributed by atoms with E-state index in [-0.39, 0.29) is 53.5 Å². The van der Waals surface area contributed by atoms with Gasteiger partial charge in [0.05, 0.1) is 18.6 Å². The third-order valence-electron chi connectivity index (χ3n) is 9.10. The maximum atomic E-state index is 13.4. The van der Waals surface area contributed by atoms with Crippen molar-refractivity contribution in [1.29, 1.82) is 0 Å². The van der Waals surface area contributed by atoms with E-state index in [9.17, 15) is 19.2 Å². The second kappa shape index (κ2) is 9.75. The van der Waals surface area contributed by atoms with Gasteiger partial charge in [0.2, 0.25) is 0 Å². The van der Waals surface area contributed by atoms with E-state index in [0.29, 0.717) is 31.2 Å². The van der Waals surface area contributed by atoms with Crippen LogP contribution in [0.4, 0.5) is 0 Å². The molecule has 7 atom stereocenters. The summed E-state index contributed by atoms with van der Waals surface area (Å²) < 4.78 is 16.6. The number of hydrogen-bond acceptors (Lipinski definition) is 7. The van der Waals surface area contributed by atoms with E-state index in [1.54, 1.807) is 12.1 Å². The summed E-state index contributed by atoms with van der Waals surface area (Å²) in [5.41, 5.74) is -0.538. The molecule has 0 amide bonds. The summed E-state index contributed by atoms with van der Waals surface area (Å²) in [5.74, 6) is -1.63. The van der Waals surface area contributed by atoms with Crippen LogP contribution in [0, 0.1) is 28.6 Å². The van der Waals surface area contributed by atoms with Gasteiger partial charge < -0.3 is 14.2 Å². The molecule has 7 nitrogen and oxygen atoms in total. The molecule has 3 saturated carbocycles. The molecule has 1 aromatic carbocycles. The average molecular weight is 485 g/mol. The summed E-state index contributed by atoms with van der Waals surface area (Å²) in [4.78, 5) is 50.8. The zero-order chi connectivity index (χ0) is 25.4. The molecule has 0 aromatic heterocycles.